The first-order valence-corrected chi connectivity index (χ1v) is 6.69. The summed E-state index contributed by atoms with van der Waals surface area (Å²) in [7, 11) is 0. The molecule has 1 saturated carbocycles. The molecule has 0 bridgehead atoms. The molecule has 0 saturated heterocycles. The van der Waals surface area contributed by atoms with Crippen LogP contribution in [0.25, 0.3) is 0 Å². The van der Waals surface area contributed by atoms with Crippen molar-refractivity contribution in [1.29, 1.82) is 0 Å². The van der Waals surface area contributed by atoms with E-state index < -0.39 is 0 Å². The third-order valence-corrected chi connectivity index (χ3v) is 3.58. The maximum Gasteiger partial charge on any atom is 0.246 e. The van der Waals surface area contributed by atoms with Gasteiger partial charge in [-0.3, -0.25) is 0 Å². The Kier molecular flexibility index (Phi) is 2.43. The van der Waals surface area contributed by atoms with Crippen molar-refractivity contribution >= 4 is 5.69 Å². The van der Waals surface area contributed by atoms with Gasteiger partial charge in [0.2, 0.25) is 5.89 Å². The van der Waals surface area contributed by atoms with E-state index in [1.807, 2.05) is 18.2 Å². The zero-order valence-corrected chi connectivity index (χ0v) is 10.6. The molecule has 1 aliphatic carbocycles. The van der Waals surface area contributed by atoms with Gasteiger partial charge in [-0.05, 0) is 25.0 Å². The van der Waals surface area contributed by atoms with Gasteiger partial charge in [-0.2, -0.15) is 4.98 Å². The quantitative estimate of drug-likeness (QED) is 0.844. The Morgan fingerprint density at radius 2 is 2.16 bits per heavy atom. The number of hydrogen-bond acceptors (Lipinski definition) is 5. The average molecular weight is 257 g/mol. The Bertz CT molecular complexity index is 592. The topological polar surface area (TPSA) is 51.4 Å². The smallest absolute Gasteiger partial charge is 0.246 e. The largest absolute Gasteiger partial charge is 0.490 e. The van der Waals surface area contributed by atoms with Crippen LogP contribution in [0.15, 0.2) is 28.8 Å². The molecular formula is C14H15N3O2. The zero-order chi connectivity index (χ0) is 12.7. The van der Waals surface area contributed by atoms with Crippen LogP contribution in [0.5, 0.6) is 5.75 Å². The fourth-order valence-corrected chi connectivity index (χ4v) is 2.39. The van der Waals surface area contributed by atoms with Gasteiger partial charge in [0.1, 0.15) is 12.4 Å². The van der Waals surface area contributed by atoms with Crippen LogP contribution >= 0.6 is 0 Å². The summed E-state index contributed by atoms with van der Waals surface area (Å²) in [6, 6.07) is 8.06. The molecule has 19 heavy (non-hydrogen) atoms. The van der Waals surface area contributed by atoms with Gasteiger partial charge in [-0.25, -0.2) is 0 Å². The van der Waals surface area contributed by atoms with Gasteiger partial charge in [-0.15, -0.1) is 0 Å². The minimum absolute atomic E-state index is 0.537. The maximum atomic E-state index is 5.64. The molecule has 2 aromatic rings. The first kappa shape index (κ1) is 10.8. The molecule has 1 aromatic carbocycles. The van der Waals surface area contributed by atoms with Crippen molar-refractivity contribution < 1.29 is 9.26 Å². The summed E-state index contributed by atoms with van der Waals surface area (Å²) in [5.41, 5.74) is 1.10. The van der Waals surface area contributed by atoms with E-state index in [4.69, 9.17) is 9.26 Å². The van der Waals surface area contributed by atoms with Crippen LogP contribution in [-0.4, -0.2) is 23.3 Å². The highest BCUT2D eigenvalue weighted by Gasteiger charge is 2.29. The molecule has 1 aliphatic heterocycles. The molecule has 1 fully saturated rings. The van der Waals surface area contributed by atoms with Crippen LogP contribution in [-0.2, 0) is 6.54 Å². The molecule has 0 radical (unpaired) electrons. The van der Waals surface area contributed by atoms with Gasteiger partial charge in [0.15, 0.2) is 5.82 Å². The van der Waals surface area contributed by atoms with E-state index in [0.717, 1.165) is 23.8 Å². The molecule has 0 spiro atoms. The predicted molar refractivity (Wildman–Crippen MR) is 69.3 cm³/mol. The number of ether oxygens (including phenoxy) is 1. The highest BCUT2D eigenvalue weighted by atomic mass is 16.5. The minimum Gasteiger partial charge on any atom is -0.490 e. The number of fused-ring (bicyclic) bond motifs is 1. The zero-order valence-electron chi connectivity index (χ0n) is 10.6. The van der Waals surface area contributed by atoms with Crippen molar-refractivity contribution in [2.45, 2.75) is 25.3 Å². The van der Waals surface area contributed by atoms with Crippen molar-refractivity contribution in [2.24, 2.45) is 0 Å². The Labute approximate surface area is 111 Å². The van der Waals surface area contributed by atoms with E-state index in [9.17, 15) is 0 Å². The molecular weight excluding hydrogens is 242 g/mol. The van der Waals surface area contributed by atoms with E-state index >= 15 is 0 Å². The average Bonchev–Trinajstić information content (AvgIpc) is 3.20. The third kappa shape index (κ3) is 2.05. The number of benzene rings is 1. The molecule has 0 unspecified atom stereocenters. The van der Waals surface area contributed by atoms with Crippen LogP contribution in [0.2, 0.25) is 0 Å². The number of aromatic nitrogens is 2. The molecule has 2 heterocycles. The molecule has 0 amide bonds. The Morgan fingerprint density at radius 3 is 3.05 bits per heavy atom. The number of hydrogen-bond donors (Lipinski definition) is 0. The lowest BCUT2D eigenvalue weighted by atomic mass is 10.2. The second kappa shape index (κ2) is 4.26. The van der Waals surface area contributed by atoms with Gasteiger partial charge >= 0.3 is 0 Å². The van der Waals surface area contributed by atoms with Crippen molar-refractivity contribution in [1.82, 2.24) is 10.1 Å². The van der Waals surface area contributed by atoms with Crippen molar-refractivity contribution in [3.05, 3.63) is 36.0 Å². The SMILES string of the molecule is c1ccc2c(c1)OCCN2Cc1nc(C2CC2)no1. The third-order valence-electron chi connectivity index (χ3n) is 3.58. The second-order valence-corrected chi connectivity index (χ2v) is 5.06. The fraction of sp³-hybridized carbons (Fsp3) is 0.429. The Hall–Kier alpha value is -2.04. The highest BCUT2D eigenvalue weighted by Crippen LogP contribution is 2.38. The Morgan fingerprint density at radius 1 is 1.26 bits per heavy atom. The molecule has 2 aliphatic rings. The minimum atomic E-state index is 0.537. The summed E-state index contributed by atoms with van der Waals surface area (Å²) >= 11 is 0. The second-order valence-electron chi connectivity index (χ2n) is 5.06. The number of anilines is 1. The molecule has 5 heteroatoms. The van der Waals surface area contributed by atoms with Crippen LogP contribution in [0.4, 0.5) is 5.69 Å². The van der Waals surface area contributed by atoms with Crippen molar-refractivity contribution in [3.63, 3.8) is 0 Å². The van der Waals surface area contributed by atoms with Gasteiger partial charge in [0.05, 0.1) is 18.8 Å². The first-order valence-electron chi connectivity index (χ1n) is 6.69. The molecule has 5 nitrogen and oxygen atoms in total. The molecule has 0 atom stereocenters. The van der Waals surface area contributed by atoms with E-state index in [0.29, 0.717) is 25.0 Å². The fourth-order valence-electron chi connectivity index (χ4n) is 2.39. The lowest BCUT2D eigenvalue weighted by Crippen LogP contribution is -2.32. The summed E-state index contributed by atoms with van der Waals surface area (Å²) in [5, 5.41) is 4.06. The van der Waals surface area contributed by atoms with Crippen LogP contribution < -0.4 is 9.64 Å². The van der Waals surface area contributed by atoms with Crippen LogP contribution in [0.3, 0.4) is 0 Å². The van der Waals surface area contributed by atoms with Gasteiger partial charge in [0.25, 0.3) is 0 Å². The van der Waals surface area contributed by atoms with Crippen LogP contribution in [0.1, 0.15) is 30.5 Å². The monoisotopic (exact) mass is 257 g/mol. The lowest BCUT2D eigenvalue weighted by molar-refractivity contribution is 0.300. The number of para-hydroxylation sites is 2. The Balaban J connectivity index is 1.56. The number of nitrogens with zero attached hydrogens (tertiary/aromatic N) is 3. The number of rotatable bonds is 3. The summed E-state index contributed by atoms with van der Waals surface area (Å²) in [5.74, 6) is 3.03. The van der Waals surface area contributed by atoms with Crippen molar-refractivity contribution in [3.8, 4) is 5.75 Å². The van der Waals surface area contributed by atoms with E-state index in [-0.39, 0.29) is 0 Å². The molecule has 0 N–H and O–H groups in total. The lowest BCUT2D eigenvalue weighted by Gasteiger charge is -2.29. The van der Waals surface area contributed by atoms with Gasteiger partial charge in [-0.1, -0.05) is 17.3 Å². The van der Waals surface area contributed by atoms with Crippen LogP contribution in [0, 0.1) is 0 Å². The van der Waals surface area contributed by atoms with E-state index in [1.165, 1.54) is 12.8 Å². The highest BCUT2D eigenvalue weighted by molar-refractivity contribution is 5.59. The molecule has 4 rings (SSSR count). The maximum absolute atomic E-state index is 5.64. The standard InChI is InChI=1S/C14H15N3O2/c1-2-4-12-11(3-1)17(7-8-18-12)9-13-15-14(16-19-13)10-5-6-10/h1-4,10H,5-9H2. The molecule has 1 aromatic heterocycles. The van der Waals surface area contributed by atoms with Crippen molar-refractivity contribution in [2.75, 3.05) is 18.1 Å². The summed E-state index contributed by atoms with van der Waals surface area (Å²) < 4.78 is 11.0. The van der Waals surface area contributed by atoms with E-state index in [1.54, 1.807) is 0 Å². The molecule has 98 valence electrons. The van der Waals surface area contributed by atoms with Gasteiger partial charge < -0.3 is 14.2 Å². The summed E-state index contributed by atoms with van der Waals surface area (Å²) in [6.45, 7) is 2.19. The first-order chi connectivity index (χ1) is 9.40. The van der Waals surface area contributed by atoms with E-state index in [2.05, 4.69) is 21.1 Å². The van der Waals surface area contributed by atoms with Gasteiger partial charge in [0, 0.05) is 5.92 Å². The normalized spacial score (nSPS) is 18.0. The predicted octanol–water partition coefficient (Wildman–Crippen LogP) is 2.35. The summed E-state index contributed by atoms with van der Waals surface area (Å²) in [4.78, 5) is 6.70. The summed E-state index contributed by atoms with van der Waals surface area (Å²) in [6.07, 6.45) is 2.39.